The van der Waals surface area contributed by atoms with Crippen LogP contribution in [0.2, 0.25) is 236 Å². The molecule has 24 heteroatoms. The van der Waals surface area contributed by atoms with Gasteiger partial charge in [0.2, 0.25) is 0 Å². The molecule has 0 saturated carbocycles. The maximum Gasteiger partial charge on any atom is 0.147 e. The van der Waals surface area contributed by atoms with Gasteiger partial charge in [-0.2, -0.15) is 0 Å². The lowest BCUT2D eigenvalue weighted by Gasteiger charge is -2.54. The predicted molar refractivity (Wildman–Crippen MR) is 323 cm³/mol. The van der Waals surface area contributed by atoms with Gasteiger partial charge in [0.15, 0.2) is 0 Å². The van der Waals surface area contributed by atoms with Crippen LogP contribution in [-0.2, 0) is 0 Å². The van der Waals surface area contributed by atoms with Crippen LogP contribution in [0.3, 0.4) is 0 Å². The Kier molecular flexibility index (Phi) is 24.1. The summed E-state index contributed by atoms with van der Waals surface area (Å²) in [6.07, 6.45) is 0. The second-order valence-electron chi connectivity index (χ2n) is 28.8. The molecule has 0 aromatic carbocycles. The van der Waals surface area contributed by atoms with Crippen molar-refractivity contribution in [3.05, 3.63) is 0 Å². The van der Waals surface area contributed by atoms with Crippen molar-refractivity contribution in [3.63, 3.8) is 0 Å². The molecule has 0 aliphatic heterocycles. The van der Waals surface area contributed by atoms with E-state index in [1.54, 1.807) is 0 Å². The van der Waals surface area contributed by atoms with Crippen molar-refractivity contribution in [2.45, 2.75) is 236 Å². The van der Waals surface area contributed by atoms with Gasteiger partial charge in [-0.3, -0.25) is 17.4 Å². The zero-order valence-corrected chi connectivity index (χ0v) is 62.9. The number of rotatable bonds is 20. The van der Waals surface area contributed by atoms with Crippen LogP contribution in [0.4, 0.5) is 0 Å². The average Bonchev–Trinajstić information content (AvgIpc) is 2.83. The van der Waals surface area contributed by atoms with Crippen molar-refractivity contribution in [1.82, 2.24) is 35.1 Å². The minimum Gasteiger partial charge on any atom is -0.283 e. The normalized spacial score (nSPS) is 16.1. The quantitative estimate of drug-likeness (QED) is 0.0676. The molecule has 0 aliphatic rings. The first-order chi connectivity index (χ1) is 25.4. The smallest absolute Gasteiger partial charge is 0.147 e. The first-order valence-electron chi connectivity index (χ1n) is 22.7. The fourth-order valence-electron chi connectivity index (χ4n) is 8.35. The fraction of sp³-hybridized carbons (Fsp3) is 1.00. The van der Waals surface area contributed by atoms with E-state index in [1.807, 2.05) is 0 Å². The number of hydrogen-bond acceptors (Lipinski definition) is 4. The fourth-order valence-corrected chi connectivity index (χ4v) is 89.1. The summed E-state index contributed by atoms with van der Waals surface area (Å²) < 4.78 is 23.3. The zero-order chi connectivity index (χ0) is 49.4. The van der Waals surface area contributed by atoms with Crippen LogP contribution >= 0.6 is 32.1 Å². The molecule has 0 radical (unpaired) electrons. The summed E-state index contributed by atoms with van der Waals surface area (Å²) >= 11 is 0. The summed E-state index contributed by atoms with van der Waals surface area (Å²) in [4.78, 5) is 0. The van der Waals surface area contributed by atoms with E-state index in [2.05, 4.69) is 271 Å². The monoisotopic (exact) mass is 1110 g/mol. The first-order valence-corrected chi connectivity index (χ1v) is 68.8. The Balaban J connectivity index is 0. The SMILES string of the molecule is C[Si](C)(C)N(P=PN(N([Si](C)(C)C)[Si](C)(C)C)[Si](C)(C)C)N([Si](C)(C)C)[Si](C)(C)C.C[Si](C)(C)N(P=PN(N([Si](C)(C)C)[Si](C)(C)C)[Si](C)(C)C)N([Si](C)(C)C)[Si](C)(C)C. The Morgan fingerprint density at radius 1 is 0.150 bits per heavy atom. The molecule has 0 spiro atoms. The van der Waals surface area contributed by atoms with Crippen molar-refractivity contribution < 1.29 is 0 Å². The summed E-state index contributed by atoms with van der Waals surface area (Å²) in [5.74, 6) is 0. The zero-order valence-electron chi connectivity index (χ0n) is 47.4. The van der Waals surface area contributed by atoms with E-state index in [4.69, 9.17) is 0 Å². The number of nitrogens with zero attached hydrogens (tertiary/aromatic N) is 8. The molecule has 360 valence electrons. The van der Waals surface area contributed by atoms with Gasteiger partial charge in [-0.25, -0.2) is 17.8 Å². The summed E-state index contributed by atoms with van der Waals surface area (Å²) in [7, 11) is -12.0. The molecule has 0 aromatic heterocycles. The summed E-state index contributed by atoms with van der Waals surface area (Å²) in [5.41, 5.74) is 0. The van der Waals surface area contributed by atoms with Gasteiger partial charge in [-0.15, -0.1) is 0 Å². The van der Waals surface area contributed by atoms with Gasteiger partial charge in [0.1, 0.15) is 98.8 Å². The van der Waals surface area contributed by atoms with Gasteiger partial charge in [0.05, 0.1) is 0 Å². The lowest BCUT2D eigenvalue weighted by molar-refractivity contribution is 0.385. The van der Waals surface area contributed by atoms with Gasteiger partial charge in [0.25, 0.3) is 0 Å². The predicted octanol–water partition coefficient (Wildman–Crippen LogP) is 17.3. The summed E-state index contributed by atoms with van der Waals surface area (Å²) in [6.45, 7) is 91.4. The van der Waals surface area contributed by atoms with Crippen molar-refractivity contribution in [2.24, 2.45) is 0 Å². The average molecular weight is 1110 g/mol. The van der Waals surface area contributed by atoms with E-state index < -0.39 is 98.8 Å². The molecular formula is C36H108N8P4Si12. The van der Waals surface area contributed by atoms with Gasteiger partial charge >= 0.3 is 0 Å². The molecule has 0 rings (SSSR count). The Morgan fingerprint density at radius 3 is 0.283 bits per heavy atom. The molecule has 0 bridgehead atoms. The summed E-state index contributed by atoms with van der Waals surface area (Å²) in [5, 5.41) is 0. The summed E-state index contributed by atoms with van der Waals surface area (Å²) in [6, 6.07) is 0. The third-order valence-electron chi connectivity index (χ3n) is 8.66. The topological polar surface area (TPSA) is 25.9 Å². The van der Waals surface area contributed by atoms with Crippen LogP contribution < -0.4 is 0 Å². The highest BCUT2D eigenvalue weighted by Crippen LogP contribution is 2.43. The molecule has 0 N–H and O–H groups in total. The standard InChI is InChI=1S/2C18H54N4P2Si6/c2*1-25(2,3)19(21(27(7,8)9)28(10,11)12)23-24-20(26(4,5)6)22(29(13,14)15)30(16,17)18/h2*1-18H3. The van der Waals surface area contributed by atoms with E-state index >= 15 is 0 Å². The highest BCUT2D eigenvalue weighted by Gasteiger charge is 2.48. The van der Waals surface area contributed by atoms with Crippen LogP contribution in [0.1, 0.15) is 0 Å². The third kappa shape index (κ3) is 21.8. The van der Waals surface area contributed by atoms with E-state index in [0.29, 0.717) is 0 Å². The van der Waals surface area contributed by atoms with Crippen molar-refractivity contribution >= 4 is 131 Å². The van der Waals surface area contributed by atoms with Crippen molar-refractivity contribution in [2.75, 3.05) is 0 Å². The highest BCUT2D eigenvalue weighted by molar-refractivity contribution is 7.83. The van der Waals surface area contributed by atoms with Crippen molar-refractivity contribution in [3.8, 4) is 0 Å². The molecule has 0 heterocycles. The Hall–Kier alpha value is 3.48. The molecule has 8 nitrogen and oxygen atoms in total. The minimum absolute atomic E-state index is 1.47. The molecule has 0 fully saturated rings. The molecule has 0 aromatic rings. The van der Waals surface area contributed by atoms with E-state index in [9.17, 15) is 0 Å². The lowest BCUT2D eigenvalue weighted by Crippen LogP contribution is -2.69. The number of hydrogen-bond donors (Lipinski definition) is 0. The molecule has 60 heavy (non-hydrogen) atoms. The molecule has 0 saturated heterocycles. The van der Waals surface area contributed by atoms with Crippen LogP contribution in [0.15, 0.2) is 0 Å². The maximum atomic E-state index is 2.95. The van der Waals surface area contributed by atoms with Crippen LogP contribution in [-0.4, -0.2) is 134 Å². The second-order valence-corrected chi connectivity index (χ2v) is 93.7. The van der Waals surface area contributed by atoms with Crippen LogP contribution in [0.25, 0.3) is 0 Å². The maximum absolute atomic E-state index is 2.95. The molecule has 0 atom stereocenters. The molecule has 0 amide bonds. The van der Waals surface area contributed by atoms with E-state index in [1.165, 1.54) is 32.1 Å². The largest absolute Gasteiger partial charge is 0.283 e. The lowest BCUT2D eigenvalue weighted by atomic mass is 11.8. The van der Waals surface area contributed by atoms with Gasteiger partial charge in [-0.05, 0) is 0 Å². The second kappa shape index (κ2) is 22.1. The molecule has 0 unspecified atom stereocenters. The van der Waals surface area contributed by atoms with Gasteiger partial charge in [-0.1, -0.05) is 236 Å². The Morgan fingerprint density at radius 2 is 0.233 bits per heavy atom. The highest BCUT2D eigenvalue weighted by atomic mass is 31.7. The van der Waals surface area contributed by atoms with Gasteiger partial charge < -0.3 is 0 Å². The number of hydrazine groups is 4. The van der Waals surface area contributed by atoms with Crippen LogP contribution in [0.5, 0.6) is 0 Å². The van der Waals surface area contributed by atoms with Crippen LogP contribution in [0, 0.1) is 0 Å². The van der Waals surface area contributed by atoms with Crippen molar-refractivity contribution in [1.29, 1.82) is 0 Å². The first kappa shape index (κ1) is 65.6. The molecule has 0 aliphatic carbocycles. The minimum atomic E-state index is -1.52. The Bertz CT molecular complexity index is 1130. The van der Waals surface area contributed by atoms with Gasteiger partial charge in [0, 0.05) is 32.1 Å². The van der Waals surface area contributed by atoms with E-state index in [-0.39, 0.29) is 0 Å². The third-order valence-corrected chi connectivity index (χ3v) is 59.6. The Labute approximate surface area is 398 Å². The molecular weight excluding hydrogens is 1010 g/mol. The van der Waals surface area contributed by atoms with E-state index in [0.717, 1.165) is 0 Å².